The molecule has 1 N–H and O–H groups in total. The molecular weight excluding hydrogens is 604 g/mol. The van der Waals surface area contributed by atoms with Crippen molar-refractivity contribution in [2.75, 3.05) is 12.4 Å². The summed E-state index contributed by atoms with van der Waals surface area (Å²) in [6, 6.07) is 7.13. The van der Waals surface area contributed by atoms with Gasteiger partial charge in [0.1, 0.15) is 11.6 Å². The van der Waals surface area contributed by atoms with Crippen LogP contribution in [0.1, 0.15) is 43.0 Å². The first-order valence-electron chi connectivity index (χ1n) is 12.0. The maximum Gasteiger partial charge on any atom is 0.435 e. The normalized spacial score (nSPS) is 12.3. The van der Waals surface area contributed by atoms with Crippen LogP contribution in [0.4, 0.5) is 49.6 Å². The summed E-state index contributed by atoms with van der Waals surface area (Å²) in [4.78, 5) is 26.1. The van der Waals surface area contributed by atoms with Crippen molar-refractivity contribution >= 4 is 17.4 Å². The molecule has 232 valence electrons. The van der Waals surface area contributed by atoms with Crippen molar-refractivity contribution in [3.05, 3.63) is 87.7 Å². The lowest BCUT2D eigenvalue weighted by molar-refractivity contribution is -0.348. The molecule has 15 heteroatoms. The minimum atomic E-state index is -6.53. The Bertz CT molecular complexity index is 1520. The van der Waals surface area contributed by atoms with Gasteiger partial charge in [-0.2, -0.15) is 35.1 Å². The largest absolute Gasteiger partial charge is 0.494 e. The number of Topliss-reactive ketones (excluding diaryl/α,β-unsaturated/α-hetero) is 1. The van der Waals surface area contributed by atoms with Crippen LogP contribution in [0, 0.1) is 19.7 Å². The number of carbonyl (C=O) groups is 2. The van der Waals surface area contributed by atoms with Crippen LogP contribution in [-0.4, -0.2) is 37.8 Å². The maximum absolute atomic E-state index is 14.7. The summed E-state index contributed by atoms with van der Waals surface area (Å²) in [6.07, 6.45) is -14.0. The van der Waals surface area contributed by atoms with Gasteiger partial charge in [0, 0.05) is 23.1 Å². The van der Waals surface area contributed by atoms with Gasteiger partial charge in [-0.05, 0) is 61.4 Å². The van der Waals surface area contributed by atoms with E-state index in [0.717, 1.165) is 26.2 Å². The number of nitrogens with one attached hydrogen (secondary N) is 1. The zero-order valence-electron chi connectivity index (χ0n) is 22.3. The Hall–Kier alpha value is -4.30. The number of ketones is 1. The van der Waals surface area contributed by atoms with Crippen LogP contribution < -0.4 is 14.8 Å². The van der Waals surface area contributed by atoms with E-state index in [4.69, 9.17) is 4.74 Å². The maximum atomic E-state index is 14.7. The van der Waals surface area contributed by atoms with Crippen molar-refractivity contribution in [1.82, 2.24) is 0 Å². The van der Waals surface area contributed by atoms with Gasteiger partial charge in [-0.15, -0.1) is 0 Å². The number of anilines is 1. The molecule has 0 aliphatic carbocycles. The monoisotopic (exact) mass is 625 g/mol. The van der Waals surface area contributed by atoms with E-state index >= 15 is 0 Å². The number of benzene rings is 3. The molecule has 0 saturated heterocycles. The van der Waals surface area contributed by atoms with Gasteiger partial charge in [0.05, 0.1) is 18.4 Å². The topological polar surface area (TPSA) is 64.6 Å². The highest BCUT2D eigenvalue weighted by atomic mass is 19.4. The van der Waals surface area contributed by atoms with Crippen LogP contribution in [0.15, 0.2) is 48.5 Å². The lowest BCUT2D eigenvalue weighted by Crippen LogP contribution is -2.50. The van der Waals surface area contributed by atoms with Crippen LogP contribution in [0.2, 0.25) is 0 Å². The molecule has 0 aromatic heterocycles. The highest BCUT2D eigenvalue weighted by molar-refractivity contribution is 6.08. The lowest BCUT2D eigenvalue weighted by Gasteiger charge is -2.31. The third kappa shape index (κ3) is 6.70. The minimum absolute atomic E-state index is 0.0595. The second-order valence-electron chi connectivity index (χ2n) is 9.20. The third-order valence-corrected chi connectivity index (χ3v) is 6.37. The van der Waals surface area contributed by atoms with Crippen LogP contribution in [0.25, 0.3) is 0 Å². The minimum Gasteiger partial charge on any atom is -0.494 e. The molecule has 0 heterocycles. The first kappa shape index (κ1) is 33.2. The molecule has 5 nitrogen and oxygen atoms in total. The number of hydrogen-bond acceptors (Lipinski definition) is 4. The Morgan fingerprint density at radius 3 is 2.02 bits per heavy atom. The van der Waals surface area contributed by atoms with Gasteiger partial charge in [0.25, 0.3) is 5.91 Å². The van der Waals surface area contributed by atoms with E-state index in [9.17, 15) is 53.5 Å². The Morgan fingerprint density at radius 2 is 1.49 bits per heavy atom. The van der Waals surface area contributed by atoms with Crippen molar-refractivity contribution in [2.24, 2.45) is 0 Å². The van der Waals surface area contributed by atoms with Gasteiger partial charge in [-0.25, -0.2) is 8.78 Å². The van der Waals surface area contributed by atoms with E-state index in [-0.39, 0.29) is 40.3 Å². The molecule has 0 bridgehead atoms. The molecule has 0 fully saturated rings. The zero-order chi connectivity index (χ0) is 32.5. The third-order valence-electron chi connectivity index (χ3n) is 6.37. The molecule has 3 aromatic carbocycles. The predicted octanol–water partition coefficient (Wildman–Crippen LogP) is 8.02. The summed E-state index contributed by atoms with van der Waals surface area (Å²) in [5, 5.41) is 2.48. The summed E-state index contributed by atoms with van der Waals surface area (Å²) in [5.41, 5.74) is -9.13. The summed E-state index contributed by atoms with van der Waals surface area (Å²) >= 11 is 0. The summed E-state index contributed by atoms with van der Waals surface area (Å²) in [7, 11) is 1.12. The molecule has 0 spiro atoms. The number of halogens is 10. The van der Waals surface area contributed by atoms with Crippen molar-refractivity contribution in [2.45, 2.75) is 44.9 Å². The molecule has 0 saturated carbocycles. The number of carbonyl (C=O) groups excluding carboxylic acids is 2. The number of para-hydroxylation sites is 1. The Morgan fingerprint density at radius 1 is 0.860 bits per heavy atom. The highest BCUT2D eigenvalue weighted by Crippen LogP contribution is 2.54. The predicted molar refractivity (Wildman–Crippen MR) is 133 cm³/mol. The van der Waals surface area contributed by atoms with Crippen molar-refractivity contribution in [1.29, 1.82) is 0 Å². The van der Waals surface area contributed by atoms with E-state index < -0.39 is 71.0 Å². The van der Waals surface area contributed by atoms with Gasteiger partial charge in [0.15, 0.2) is 11.5 Å². The number of alkyl halides is 9. The molecule has 0 aliphatic heterocycles. The molecule has 0 atom stereocenters. The van der Waals surface area contributed by atoms with Crippen molar-refractivity contribution in [3.8, 4) is 11.5 Å². The number of amides is 1. The number of ether oxygens (including phenoxy) is 2. The molecule has 43 heavy (non-hydrogen) atoms. The quantitative estimate of drug-likeness (QED) is 0.193. The lowest BCUT2D eigenvalue weighted by atomic mass is 9.89. The summed E-state index contributed by atoms with van der Waals surface area (Å²) in [5.74, 6) is -3.78. The molecule has 1 amide bonds. The molecular formula is C28H21F10NO4. The van der Waals surface area contributed by atoms with Gasteiger partial charge in [0.2, 0.25) is 0 Å². The molecule has 0 aliphatic rings. The van der Waals surface area contributed by atoms with Gasteiger partial charge in [-0.3, -0.25) is 9.59 Å². The SMILES string of the molecule is COc1c(NC(=O)c2ccc(F)cc2C)cccc1C(=O)Cc1c(C)cc(C(F)(C(F)(F)F)C(F)(F)F)cc1OC(F)F. The molecule has 0 radical (unpaired) electrons. The van der Waals surface area contributed by atoms with E-state index in [0.29, 0.717) is 0 Å². The van der Waals surface area contributed by atoms with Crippen LogP contribution in [-0.2, 0) is 12.1 Å². The zero-order valence-corrected chi connectivity index (χ0v) is 22.3. The Balaban J connectivity index is 2.05. The Labute approximate surface area is 237 Å². The van der Waals surface area contributed by atoms with Crippen molar-refractivity contribution < 1.29 is 63.0 Å². The second kappa shape index (κ2) is 12.1. The van der Waals surface area contributed by atoms with Gasteiger partial charge < -0.3 is 14.8 Å². The number of aryl methyl sites for hydroxylation is 2. The first-order chi connectivity index (χ1) is 19.8. The van der Waals surface area contributed by atoms with Gasteiger partial charge in [-0.1, -0.05) is 12.1 Å². The van der Waals surface area contributed by atoms with E-state index in [1.165, 1.54) is 31.2 Å². The van der Waals surface area contributed by atoms with E-state index in [1.54, 1.807) is 0 Å². The number of rotatable bonds is 9. The fraction of sp³-hybridized carbons (Fsp3) is 0.286. The Kier molecular flexibility index (Phi) is 9.37. The fourth-order valence-corrected chi connectivity index (χ4v) is 4.30. The van der Waals surface area contributed by atoms with Crippen molar-refractivity contribution in [3.63, 3.8) is 0 Å². The standard InChI is InChI=1S/C28H21F10NO4/c1-13-9-15(26(32,27(33,34)35)28(36,37)38)11-22(43-25(30)31)19(13)12-21(40)18-5-4-6-20(23(18)42-3)39-24(41)17-8-7-16(29)10-14(17)2/h4-11,25H,12H2,1-3H3,(H,39,41). The number of hydrogen-bond donors (Lipinski definition) is 1. The fourth-order valence-electron chi connectivity index (χ4n) is 4.30. The average molecular weight is 625 g/mol. The first-order valence-corrected chi connectivity index (χ1v) is 12.0. The highest BCUT2D eigenvalue weighted by Gasteiger charge is 2.73. The number of methoxy groups -OCH3 is 1. The van der Waals surface area contributed by atoms with E-state index in [1.807, 2.05) is 0 Å². The van der Waals surface area contributed by atoms with Crippen LogP contribution in [0.3, 0.4) is 0 Å². The average Bonchev–Trinajstić information content (AvgIpc) is 2.87. The second-order valence-corrected chi connectivity index (χ2v) is 9.20. The van der Waals surface area contributed by atoms with Crippen LogP contribution >= 0.6 is 0 Å². The van der Waals surface area contributed by atoms with Gasteiger partial charge >= 0.3 is 24.6 Å². The smallest absolute Gasteiger partial charge is 0.435 e. The molecule has 3 rings (SSSR count). The molecule has 0 unspecified atom stereocenters. The van der Waals surface area contributed by atoms with Crippen LogP contribution in [0.5, 0.6) is 11.5 Å². The van der Waals surface area contributed by atoms with E-state index in [2.05, 4.69) is 10.1 Å². The molecule has 3 aromatic rings. The summed E-state index contributed by atoms with van der Waals surface area (Å²) < 4.78 is 144. The summed E-state index contributed by atoms with van der Waals surface area (Å²) in [6.45, 7) is -1.41.